The Kier molecular flexibility index (Phi) is 3.52. The van der Waals surface area contributed by atoms with Gasteiger partial charge in [0.25, 0.3) is 0 Å². The molecule has 3 aromatic rings. The van der Waals surface area contributed by atoms with Gasteiger partial charge in [0.15, 0.2) is 0 Å². The molecule has 0 spiro atoms. The quantitative estimate of drug-likeness (QED) is 0.740. The van der Waals surface area contributed by atoms with E-state index in [2.05, 4.69) is 0 Å². The third-order valence-electron chi connectivity index (χ3n) is 3.49. The summed E-state index contributed by atoms with van der Waals surface area (Å²) < 4.78 is 21.5. The lowest BCUT2D eigenvalue weighted by atomic mass is 10.2. The summed E-state index contributed by atoms with van der Waals surface area (Å²) in [7, 11) is 0. The summed E-state index contributed by atoms with van der Waals surface area (Å²) in [5, 5.41) is 1.04. The van der Waals surface area contributed by atoms with Crippen LogP contribution in [-0.4, -0.2) is 11.2 Å². The molecule has 2 N–H and O–H groups in total. The summed E-state index contributed by atoms with van der Waals surface area (Å²) in [6, 6.07) is 12.7. The number of ether oxygens (including phenoxy) is 1. The lowest BCUT2D eigenvalue weighted by Crippen LogP contribution is -2.01. The Balaban J connectivity index is 1.99. The molecule has 0 saturated heterocycles. The van der Waals surface area contributed by atoms with Crippen molar-refractivity contribution >= 4 is 16.6 Å². The zero-order valence-electron chi connectivity index (χ0n) is 11.8. The molecule has 0 unspecified atom stereocenters. The van der Waals surface area contributed by atoms with Crippen LogP contribution in [0.4, 0.5) is 10.1 Å². The molecular formula is C17H17FN2O. The van der Waals surface area contributed by atoms with Gasteiger partial charge in [-0.2, -0.15) is 0 Å². The maximum atomic E-state index is 13.9. The second-order valence-electron chi connectivity index (χ2n) is 4.92. The number of hydrogen-bond donors (Lipinski definition) is 1. The van der Waals surface area contributed by atoms with E-state index >= 15 is 0 Å². The number of nitrogens with two attached hydrogens (primary N) is 1. The third-order valence-corrected chi connectivity index (χ3v) is 3.49. The van der Waals surface area contributed by atoms with Crippen LogP contribution in [0, 0.1) is 5.82 Å². The first-order chi connectivity index (χ1) is 10.2. The molecule has 3 nitrogen and oxygen atoms in total. The summed E-state index contributed by atoms with van der Waals surface area (Å²) in [6.45, 7) is 3.04. The van der Waals surface area contributed by atoms with Crippen molar-refractivity contribution < 1.29 is 9.13 Å². The van der Waals surface area contributed by atoms with E-state index in [0.717, 1.165) is 16.7 Å². The van der Waals surface area contributed by atoms with Crippen LogP contribution >= 0.6 is 0 Å². The molecule has 0 atom stereocenters. The largest absolute Gasteiger partial charge is 0.493 e. The topological polar surface area (TPSA) is 40.2 Å². The summed E-state index contributed by atoms with van der Waals surface area (Å²) in [5.74, 6) is 0.573. The molecule has 3 rings (SSSR count). The van der Waals surface area contributed by atoms with Crippen LogP contribution in [0.15, 0.2) is 48.7 Å². The highest BCUT2D eigenvalue weighted by Gasteiger charge is 2.09. The number of nitrogens with zero attached hydrogens (tertiary/aromatic N) is 1. The van der Waals surface area contributed by atoms with E-state index in [1.54, 1.807) is 12.1 Å². The summed E-state index contributed by atoms with van der Waals surface area (Å²) >= 11 is 0. The molecule has 0 amide bonds. The molecule has 0 fully saturated rings. The fourth-order valence-electron chi connectivity index (χ4n) is 2.49. The third kappa shape index (κ3) is 2.57. The molecule has 108 valence electrons. The smallest absolute Gasteiger partial charge is 0.130 e. The van der Waals surface area contributed by atoms with Gasteiger partial charge in [-0.25, -0.2) is 4.39 Å². The van der Waals surface area contributed by atoms with Crippen molar-refractivity contribution in [2.75, 3.05) is 12.3 Å². The van der Waals surface area contributed by atoms with Crippen molar-refractivity contribution in [3.63, 3.8) is 0 Å². The zero-order chi connectivity index (χ0) is 14.8. The van der Waals surface area contributed by atoms with Crippen LogP contribution in [0.3, 0.4) is 0 Å². The van der Waals surface area contributed by atoms with Gasteiger partial charge in [-0.15, -0.1) is 0 Å². The lowest BCUT2D eigenvalue weighted by Gasteiger charge is -2.09. The van der Waals surface area contributed by atoms with Crippen LogP contribution in [-0.2, 0) is 6.54 Å². The number of benzene rings is 2. The normalized spacial score (nSPS) is 11.0. The first kappa shape index (κ1) is 13.5. The maximum Gasteiger partial charge on any atom is 0.130 e. The van der Waals surface area contributed by atoms with Crippen molar-refractivity contribution in [3.05, 3.63) is 60.0 Å². The molecule has 0 saturated carbocycles. The van der Waals surface area contributed by atoms with Crippen LogP contribution < -0.4 is 10.5 Å². The Labute approximate surface area is 122 Å². The van der Waals surface area contributed by atoms with E-state index in [9.17, 15) is 4.39 Å². The summed E-state index contributed by atoms with van der Waals surface area (Å²) in [6.07, 6.45) is 1.95. The lowest BCUT2D eigenvalue weighted by molar-refractivity contribution is 0.344. The molecule has 0 aliphatic carbocycles. The van der Waals surface area contributed by atoms with Crippen LogP contribution in [0.2, 0.25) is 0 Å². The van der Waals surface area contributed by atoms with Crippen molar-refractivity contribution in [3.8, 4) is 5.75 Å². The van der Waals surface area contributed by atoms with Crippen molar-refractivity contribution in [1.82, 2.24) is 4.57 Å². The van der Waals surface area contributed by atoms with Crippen molar-refractivity contribution in [2.45, 2.75) is 13.5 Å². The average Bonchev–Trinajstić information content (AvgIpc) is 2.87. The van der Waals surface area contributed by atoms with E-state index in [1.807, 2.05) is 42.0 Å². The number of fused-ring (bicyclic) bond motifs is 1. The minimum atomic E-state index is -0.280. The van der Waals surface area contributed by atoms with E-state index in [-0.39, 0.29) is 5.82 Å². The van der Waals surface area contributed by atoms with E-state index < -0.39 is 0 Å². The number of nitrogen functional groups attached to an aromatic ring is 1. The number of halogens is 1. The van der Waals surface area contributed by atoms with Crippen molar-refractivity contribution in [2.24, 2.45) is 0 Å². The SMILES string of the molecule is CCOc1cccc2c1ccn2Cc1ccc(N)cc1F. The molecule has 21 heavy (non-hydrogen) atoms. The maximum absolute atomic E-state index is 13.9. The second kappa shape index (κ2) is 5.48. The number of aromatic nitrogens is 1. The van der Waals surface area contributed by atoms with E-state index in [1.165, 1.54) is 6.07 Å². The Hall–Kier alpha value is -2.49. The monoisotopic (exact) mass is 284 g/mol. The average molecular weight is 284 g/mol. The van der Waals surface area contributed by atoms with Gasteiger partial charge in [-0.3, -0.25) is 0 Å². The standard InChI is InChI=1S/C17H17FN2O/c1-2-21-17-5-3-4-16-14(17)8-9-20(16)11-12-6-7-13(19)10-15(12)18/h3-10H,2,11,19H2,1H3. The van der Waals surface area contributed by atoms with E-state index in [0.29, 0.717) is 24.4 Å². The molecular weight excluding hydrogens is 267 g/mol. The van der Waals surface area contributed by atoms with Gasteiger partial charge in [0.05, 0.1) is 18.7 Å². The van der Waals surface area contributed by atoms with Gasteiger partial charge in [0.1, 0.15) is 11.6 Å². The van der Waals surface area contributed by atoms with E-state index in [4.69, 9.17) is 10.5 Å². The molecule has 4 heteroatoms. The molecule has 2 aromatic carbocycles. The number of anilines is 1. The summed E-state index contributed by atoms with van der Waals surface area (Å²) in [5.41, 5.74) is 7.66. The number of rotatable bonds is 4. The van der Waals surface area contributed by atoms with Gasteiger partial charge in [-0.1, -0.05) is 12.1 Å². The van der Waals surface area contributed by atoms with Gasteiger partial charge >= 0.3 is 0 Å². The second-order valence-corrected chi connectivity index (χ2v) is 4.92. The highest BCUT2D eigenvalue weighted by molar-refractivity contribution is 5.86. The van der Waals surface area contributed by atoms with Gasteiger partial charge in [0.2, 0.25) is 0 Å². The number of hydrogen-bond acceptors (Lipinski definition) is 2. The Morgan fingerprint density at radius 3 is 2.81 bits per heavy atom. The Bertz CT molecular complexity index is 780. The first-order valence-electron chi connectivity index (χ1n) is 6.93. The van der Waals surface area contributed by atoms with Crippen LogP contribution in [0.5, 0.6) is 5.75 Å². The molecule has 0 radical (unpaired) electrons. The minimum Gasteiger partial charge on any atom is -0.493 e. The summed E-state index contributed by atoms with van der Waals surface area (Å²) in [4.78, 5) is 0. The van der Waals surface area contributed by atoms with Crippen molar-refractivity contribution in [1.29, 1.82) is 0 Å². The minimum absolute atomic E-state index is 0.280. The predicted octanol–water partition coefficient (Wildman–Crippen LogP) is 3.81. The van der Waals surface area contributed by atoms with Crippen LogP contribution in [0.25, 0.3) is 10.9 Å². The first-order valence-corrected chi connectivity index (χ1v) is 6.93. The Morgan fingerprint density at radius 1 is 1.19 bits per heavy atom. The van der Waals surface area contributed by atoms with Gasteiger partial charge in [0, 0.05) is 22.8 Å². The molecule has 1 aromatic heterocycles. The fourth-order valence-corrected chi connectivity index (χ4v) is 2.49. The molecule has 1 heterocycles. The van der Waals surface area contributed by atoms with Gasteiger partial charge < -0.3 is 15.0 Å². The highest BCUT2D eigenvalue weighted by atomic mass is 19.1. The van der Waals surface area contributed by atoms with Crippen LogP contribution in [0.1, 0.15) is 12.5 Å². The zero-order valence-corrected chi connectivity index (χ0v) is 11.8. The fraction of sp³-hybridized carbons (Fsp3) is 0.176. The molecule has 0 aliphatic heterocycles. The molecule has 0 aliphatic rings. The molecule has 0 bridgehead atoms. The predicted molar refractivity (Wildman–Crippen MR) is 83.0 cm³/mol. The van der Waals surface area contributed by atoms with Gasteiger partial charge in [-0.05, 0) is 37.3 Å². The Morgan fingerprint density at radius 2 is 2.05 bits per heavy atom. The highest BCUT2D eigenvalue weighted by Crippen LogP contribution is 2.27.